The molecule has 0 aromatic carbocycles. The number of aliphatic hydroxyl groups is 2. The predicted molar refractivity (Wildman–Crippen MR) is 52.4 cm³/mol. The first-order valence-corrected chi connectivity index (χ1v) is 5.10. The molecule has 1 aliphatic carbocycles. The highest BCUT2D eigenvalue weighted by atomic mass is 16.3. The van der Waals surface area contributed by atoms with Crippen LogP contribution in [0.15, 0.2) is 0 Å². The molecular formula is C10H19NO3. The van der Waals surface area contributed by atoms with Crippen molar-refractivity contribution in [3.8, 4) is 0 Å². The van der Waals surface area contributed by atoms with Gasteiger partial charge in [-0.15, -0.1) is 0 Å². The fourth-order valence-electron chi connectivity index (χ4n) is 2.17. The molecule has 0 bridgehead atoms. The summed E-state index contributed by atoms with van der Waals surface area (Å²) in [7, 11) is 0. The molecule has 1 rings (SSSR count). The molecule has 3 unspecified atom stereocenters. The van der Waals surface area contributed by atoms with Crippen molar-refractivity contribution >= 4 is 5.91 Å². The number of hydrogen-bond donors (Lipinski definition) is 3. The summed E-state index contributed by atoms with van der Waals surface area (Å²) < 4.78 is 0. The van der Waals surface area contributed by atoms with Crippen LogP contribution in [0.5, 0.6) is 0 Å². The van der Waals surface area contributed by atoms with Crippen LogP contribution in [0.25, 0.3) is 0 Å². The first-order valence-electron chi connectivity index (χ1n) is 5.10. The molecule has 82 valence electrons. The zero-order valence-corrected chi connectivity index (χ0v) is 8.57. The van der Waals surface area contributed by atoms with E-state index in [2.05, 4.69) is 0 Å². The van der Waals surface area contributed by atoms with Crippen LogP contribution in [0.3, 0.4) is 0 Å². The molecule has 1 saturated carbocycles. The number of carbonyl (C=O) groups is 1. The number of nitrogens with two attached hydrogens (primary N) is 1. The molecule has 1 amide bonds. The van der Waals surface area contributed by atoms with Gasteiger partial charge in [0, 0.05) is 6.42 Å². The van der Waals surface area contributed by atoms with Crippen molar-refractivity contribution in [1.82, 2.24) is 0 Å². The van der Waals surface area contributed by atoms with Gasteiger partial charge in [0.1, 0.15) is 0 Å². The van der Waals surface area contributed by atoms with Crippen LogP contribution < -0.4 is 5.73 Å². The Morgan fingerprint density at radius 3 is 2.79 bits per heavy atom. The lowest BCUT2D eigenvalue weighted by atomic mass is 9.69. The smallest absolute Gasteiger partial charge is 0.217 e. The molecule has 14 heavy (non-hydrogen) atoms. The third-order valence-electron chi connectivity index (χ3n) is 3.27. The summed E-state index contributed by atoms with van der Waals surface area (Å²) in [5.74, 6) is -0.349. The van der Waals surface area contributed by atoms with Gasteiger partial charge in [0.05, 0.1) is 12.2 Å². The Morgan fingerprint density at radius 2 is 2.21 bits per heavy atom. The van der Waals surface area contributed by atoms with Gasteiger partial charge in [-0.25, -0.2) is 0 Å². The highest BCUT2D eigenvalue weighted by Crippen LogP contribution is 2.39. The van der Waals surface area contributed by atoms with Crippen LogP contribution in [-0.4, -0.2) is 28.3 Å². The lowest BCUT2D eigenvalue weighted by Crippen LogP contribution is -2.45. The minimum Gasteiger partial charge on any atom is -0.390 e. The van der Waals surface area contributed by atoms with Crippen LogP contribution in [0.2, 0.25) is 0 Å². The van der Waals surface area contributed by atoms with E-state index in [9.17, 15) is 15.0 Å². The van der Waals surface area contributed by atoms with Gasteiger partial charge in [0.25, 0.3) is 0 Å². The van der Waals surface area contributed by atoms with E-state index in [0.29, 0.717) is 12.8 Å². The third kappa shape index (κ3) is 2.45. The molecule has 1 aliphatic rings. The molecule has 0 heterocycles. The molecule has 0 saturated heterocycles. The molecule has 0 radical (unpaired) electrons. The first kappa shape index (κ1) is 11.5. The van der Waals surface area contributed by atoms with Crippen molar-refractivity contribution in [2.45, 2.75) is 51.2 Å². The number of amides is 1. The van der Waals surface area contributed by atoms with Gasteiger partial charge in [-0.05, 0) is 24.7 Å². The molecule has 0 aromatic heterocycles. The fourth-order valence-corrected chi connectivity index (χ4v) is 2.17. The van der Waals surface area contributed by atoms with Crippen molar-refractivity contribution < 1.29 is 15.0 Å². The van der Waals surface area contributed by atoms with Gasteiger partial charge < -0.3 is 15.9 Å². The van der Waals surface area contributed by atoms with E-state index in [1.165, 1.54) is 0 Å². The van der Waals surface area contributed by atoms with Gasteiger partial charge in [0.15, 0.2) is 0 Å². The topological polar surface area (TPSA) is 83.6 Å². The maximum absolute atomic E-state index is 10.7. The fraction of sp³-hybridized carbons (Fsp3) is 0.900. The van der Waals surface area contributed by atoms with E-state index < -0.39 is 12.2 Å². The number of aliphatic hydroxyl groups excluding tert-OH is 2. The standard InChI is InChI=1S/C10H19NO3/c1-10(6-4-8(11)13)5-2-3-7(12)9(10)14/h7,9,12,14H,2-6H2,1H3,(H2,11,13). The predicted octanol–water partition coefficient (Wildman–Crippen LogP) is 0.164. The summed E-state index contributed by atoms with van der Waals surface area (Å²) in [6.07, 6.45) is 1.84. The highest BCUT2D eigenvalue weighted by molar-refractivity contribution is 5.73. The molecule has 1 fully saturated rings. The van der Waals surface area contributed by atoms with Gasteiger partial charge in [-0.3, -0.25) is 4.79 Å². The molecule has 3 atom stereocenters. The summed E-state index contributed by atoms with van der Waals surface area (Å²) >= 11 is 0. The number of rotatable bonds is 3. The summed E-state index contributed by atoms with van der Waals surface area (Å²) in [6, 6.07) is 0. The Labute approximate surface area is 84.1 Å². The average Bonchev–Trinajstić information content (AvgIpc) is 2.11. The number of carbonyl (C=O) groups excluding carboxylic acids is 1. The van der Waals surface area contributed by atoms with Gasteiger partial charge in [0.2, 0.25) is 5.91 Å². The minimum atomic E-state index is -0.726. The van der Waals surface area contributed by atoms with E-state index in [-0.39, 0.29) is 17.7 Å². The summed E-state index contributed by atoms with van der Waals surface area (Å²) in [5.41, 5.74) is 4.71. The van der Waals surface area contributed by atoms with Crippen LogP contribution in [0.4, 0.5) is 0 Å². The largest absolute Gasteiger partial charge is 0.390 e. The SMILES string of the molecule is CC1(CCC(N)=O)CCCC(O)C1O. The monoisotopic (exact) mass is 201 g/mol. The molecule has 4 nitrogen and oxygen atoms in total. The maximum Gasteiger partial charge on any atom is 0.217 e. The molecule has 4 heteroatoms. The van der Waals surface area contributed by atoms with Gasteiger partial charge in [-0.2, -0.15) is 0 Å². The molecule has 0 aliphatic heterocycles. The van der Waals surface area contributed by atoms with Crippen LogP contribution in [-0.2, 0) is 4.79 Å². The number of hydrogen-bond acceptors (Lipinski definition) is 3. The minimum absolute atomic E-state index is 0.278. The Hall–Kier alpha value is -0.610. The Balaban J connectivity index is 2.56. The summed E-state index contributed by atoms with van der Waals surface area (Å²) in [6.45, 7) is 1.91. The van der Waals surface area contributed by atoms with E-state index in [1.807, 2.05) is 6.92 Å². The van der Waals surface area contributed by atoms with Crippen molar-refractivity contribution in [2.75, 3.05) is 0 Å². The molecule has 4 N–H and O–H groups in total. The maximum atomic E-state index is 10.7. The Morgan fingerprint density at radius 1 is 1.57 bits per heavy atom. The normalized spacial score (nSPS) is 38.2. The van der Waals surface area contributed by atoms with E-state index >= 15 is 0 Å². The Bertz CT molecular complexity index is 219. The molecule has 0 aromatic rings. The summed E-state index contributed by atoms with van der Waals surface area (Å²) in [4.78, 5) is 10.7. The van der Waals surface area contributed by atoms with Gasteiger partial charge in [-0.1, -0.05) is 13.3 Å². The second-order valence-corrected chi connectivity index (χ2v) is 4.52. The van der Waals surface area contributed by atoms with Crippen molar-refractivity contribution in [3.05, 3.63) is 0 Å². The zero-order chi connectivity index (χ0) is 10.8. The number of primary amides is 1. The zero-order valence-electron chi connectivity index (χ0n) is 8.57. The summed E-state index contributed by atoms with van der Waals surface area (Å²) in [5, 5.41) is 19.3. The first-order chi connectivity index (χ1) is 6.46. The Kier molecular flexibility index (Phi) is 3.50. The van der Waals surface area contributed by atoms with Crippen LogP contribution in [0.1, 0.15) is 39.0 Å². The molecular weight excluding hydrogens is 182 g/mol. The second kappa shape index (κ2) is 4.28. The van der Waals surface area contributed by atoms with Crippen molar-refractivity contribution in [2.24, 2.45) is 11.1 Å². The van der Waals surface area contributed by atoms with Gasteiger partial charge >= 0.3 is 0 Å². The van der Waals surface area contributed by atoms with Crippen LogP contribution >= 0.6 is 0 Å². The second-order valence-electron chi connectivity index (χ2n) is 4.52. The molecule has 0 spiro atoms. The van der Waals surface area contributed by atoms with Crippen molar-refractivity contribution in [3.63, 3.8) is 0 Å². The van der Waals surface area contributed by atoms with E-state index in [0.717, 1.165) is 12.8 Å². The quantitative estimate of drug-likeness (QED) is 0.608. The van der Waals surface area contributed by atoms with E-state index in [4.69, 9.17) is 5.73 Å². The highest BCUT2D eigenvalue weighted by Gasteiger charge is 2.40. The lowest BCUT2D eigenvalue weighted by molar-refractivity contribution is -0.121. The third-order valence-corrected chi connectivity index (χ3v) is 3.27. The van der Waals surface area contributed by atoms with Crippen molar-refractivity contribution in [1.29, 1.82) is 0 Å². The van der Waals surface area contributed by atoms with Crippen LogP contribution in [0, 0.1) is 5.41 Å². The van der Waals surface area contributed by atoms with E-state index in [1.54, 1.807) is 0 Å². The lowest BCUT2D eigenvalue weighted by Gasteiger charge is -2.41. The average molecular weight is 201 g/mol.